The number of alkyl halides is 3. The molecule has 1 aliphatic heterocycles. The van der Waals surface area contributed by atoms with Crippen LogP contribution >= 0.6 is 11.8 Å². The number of nitrogens with zero attached hydrogens (tertiary/aromatic N) is 2. The maximum Gasteiger partial charge on any atom is 0.446 e. The van der Waals surface area contributed by atoms with Crippen LogP contribution in [0.3, 0.4) is 0 Å². The van der Waals surface area contributed by atoms with E-state index >= 15 is 0 Å². The Balaban J connectivity index is 1.49. The Kier molecular flexibility index (Phi) is 7.38. The average Bonchev–Trinajstić information content (AvgIpc) is 2.72. The Morgan fingerprint density at radius 3 is 2.23 bits per heavy atom. The van der Waals surface area contributed by atoms with Crippen molar-refractivity contribution >= 4 is 23.6 Å². The Morgan fingerprint density at radius 2 is 1.57 bits per heavy atom. The lowest BCUT2D eigenvalue weighted by Crippen LogP contribution is -2.51. The Bertz CT molecular complexity index is 869. The zero-order chi connectivity index (χ0) is 21.6. The van der Waals surface area contributed by atoms with Crippen molar-refractivity contribution < 1.29 is 22.8 Å². The molecular formula is C21H22F3N3O2S. The Morgan fingerprint density at radius 1 is 0.933 bits per heavy atom. The molecule has 2 amide bonds. The van der Waals surface area contributed by atoms with Crippen LogP contribution < -0.4 is 5.32 Å². The van der Waals surface area contributed by atoms with Crippen molar-refractivity contribution in [3.8, 4) is 0 Å². The number of piperazine rings is 1. The van der Waals surface area contributed by atoms with Gasteiger partial charge in [0.05, 0.1) is 12.1 Å². The second kappa shape index (κ2) is 9.99. The first-order valence-corrected chi connectivity index (χ1v) is 10.3. The first-order valence-electron chi connectivity index (χ1n) is 9.49. The van der Waals surface area contributed by atoms with Crippen LogP contribution in [-0.4, -0.2) is 59.8 Å². The van der Waals surface area contributed by atoms with Crippen molar-refractivity contribution in [2.45, 2.75) is 16.9 Å². The van der Waals surface area contributed by atoms with Gasteiger partial charge in [-0.3, -0.25) is 14.5 Å². The summed E-state index contributed by atoms with van der Waals surface area (Å²) < 4.78 is 38.3. The number of thioether (sulfide) groups is 1. The molecule has 0 atom stereocenters. The van der Waals surface area contributed by atoms with E-state index in [9.17, 15) is 22.8 Å². The number of carbonyl (C=O) groups is 2. The van der Waals surface area contributed by atoms with Crippen molar-refractivity contribution in [2.24, 2.45) is 0 Å². The molecule has 1 N–H and O–H groups in total. The summed E-state index contributed by atoms with van der Waals surface area (Å²) in [6.45, 7) is 2.35. The molecule has 1 saturated heterocycles. The number of carbonyl (C=O) groups excluding carboxylic acids is 2. The van der Waals surface area contributed by atoms with E-state index < -0.39 is 11.4 Å². The summed E-state index contributed by atoms with van der Waals surface area (Å²) in [6.07, 6.45) is 0. The Labute approximate surface area is 177 Å². The van der Waals surface area contributed by atoms with Crippen LogP contribution in [0.5, 0.6) is 0 Å². The molecule has 0 aliphatic carbocycles. The standard InChI is InChI=1S/C21H22F3N3O2S/c22-21(23,24)30-18-9-5-4-8-17(18)20(29)27-12-10-26(11-13-27)15-19(28)25-14-16-6-2-1-3-7-16/h1-9H,10-15H2,(H,25,28). The van der Waals surface area contributed by atoms with Crippen molar-refractivity contribution in [2.75, 3.05) is 32.7 Å². The van der Waals surface area contributed by atoms with Crippen LogP contribution in [0.15, 0.2) is 59.5 Å². The van der Waals surface area contributed by atoms with Gasteiger partial charge in [-0.1, -0.05) is 42.5 Å². The predicted octanol–water partition coefficient (Wildman–Crippen LogP) is 3.37. The highest BCUT2D eigenvalue weighted by Gasteiger charge is 2.32. The molecule has 1 fully saturated rings. The highest BCUT2D eigenvalue weighted by atomic mass is 32.2. The van der Waals surface area contributed by atoms with E-state index in [4.69, 9.17) is 0 Å². The fraction of sp³-hybridized carbons (Fsp3) is 0.333. The van der Waals surface area contributed by atoms with E-state index in [1.165, 1.54) is 23.1 Å². The second-order valence-corrected chi connectivity index (χ2v) is 7.98. The minimum atomic E-state index is -4.46. The number of nitrogens with one attached hydrogen (secondary N) is 1. The predicted molar refractivity (Wildman–Crippen MR) is 109 cm³/mol. The topological polar surface area (TPSA) is 52.7 Å². The van der Waals surface area contributed by atoms with Crippen LogP contribution in [-0.2, 0) is 11.3 Å². The molecule has 0 radical (unpaired) electrons. The first kappa shape index (κ1) is 22.2. The van der Waals surface area contributed by atoms with E-state index in [-0.39, 0.29) is 34.7 Å². The maximum atomic E-state index is 12.8. The van der Waals surface area contributed by atoms with Crippen molar-refractivity contribution in [3.63, 3.8) is 0 Å². The summed E-state index contributed by atoms with van der Waals surface area (Å²) in [5.41, 5.74) is -3.40. The van der Waals surface area contributed by atoms with Gasteiger partial charge < -0.3 is 10.2 Å². The molecule has 9 heteroatoms. The number of amides is 2. The minimum Gasteiger partial charge on any atom is -0.351 e. The lowest BCUT2D eigenvalue weighted by molar-refractivity contribution is -0.122. The Hall–Kier alpha value is -2.52. The van der Waals surface area contributed by atoms with Gasteiger partial charge in [0.2, 0.25) is 5.91 Å². The number of benzene rings is 2. The molecule has 0 unspecified atom stereocenters. The van der Waals surface area contributed by atoms with Crippen LogP contribution in [0.25, 0.3) is 0 Å². The van der Waals surface area contributed by atoms with Crippen molar-refractivity contribution in [1.29, 1.82) is 0 Å². The summed E-state index contributed by atoms with van der Waals surface area (Å²) in [7, 11) is 0. The third-order valence-corrected chi connectivity index (χ3v) is 5.51. The third-order valence-electron chi connectivity index (χ3n) is 4.70. The lowest BCUT2D eigenvalue weighted by Gasteiger charge is -2.34. The van der Waals surface area contributed by atoms with Gasteiger partial charge >= 0.3 is 5.51 Å². The van der Waals surface area contributed by atoms with Crippen LogP contribution in [0.4, 0.5) is 13.2 Å². The van der Waals surface area contributed by atoms with Crippen LogP contribution in [0, 0.1) is 0 Å². The number of halogens is 3. The quantitative estimate of drug-likeness (QED) is 0.704. The van der Waals surface area contributed by atoms with Crippen molar-refractivity contribution in [3.05, 3.63) is 65.7 Å². The molecule has 0 saturated carbocycles. The molecule has 0 spiro atoms. The normalized spacial score (nSPS) is 15.1. The van der Waals surface area contributed by atoms with Gasteiger partial charge in [-0.2, -0.15) is 13.2 Å². The fourth-order valence-electron chi connectivity index (χ4n) is 3.19. The molecule has 1 heterocycles. The molecule has 2 aromatic rings. The molecule has 1 aliphatic rings. The van der Waals surface area contributed by atoms with Gasteiger partial charge in [-0.05, 0) is 29.5 Å². The van der Waals surface area contributed by atoms with Gasteiger partial charge in [-0.15, -0.1) is 0 Å². The number of hydrogen-bond acceptors (Lipinski definition) is 4. The zero-order valence-corrected chi connectivity index (χ0v) is 17.0. The summed E-state index contributed by atoms with van der Waals surface area (Å²) in [5.74, 6) is -0.527. The second-order valence-electron chi connectivity index (χ2n) is 6.87. The molecule has 3 rings (SSSR count). The summed E-state index contributed by atoms with van der Waals surface area (Å²) >= 11 is -0.279. The molecule has 160 valence electrons. The molecule has 0 aromatic heterocycles. The van der Waals surface area contributed by atoms with Gasteiger partial charge in [0, 0.05) is 37.6 Å². The summed E-state index contributed by atoms with van der Waals surface area (Å²) in [5, 5.41) is 2.86. The van der Waals surface area contributed by atoms with Crippen LogP contribution in [0.2, 0.25) is 0 Å². The van der Waals surface area contributed by atoms with Gasteiger partial charge in [0.15, 0.2) is 0 Å². The van der Waals surface area contributed by atoms with Gasteiger partial charge in [0.25, 0.3) is 5.91 Å². The van der Waals surface area contributed by atoms with Crippen LogP contribution in [0.1, 0.15) is 15.9 Å². The number of rotatable bonds is 6. The first-order chi connectivity index (χ1) is 14.3. The molecule has 0 bridgehead atoms. The van der Waals surface area contributed by atoms with E-state index in [1.54, 1.807) is 6.07 Å². The lowest BCUT2D eigenvalue weighted by atomic mass is 10.2. The van der Waals surface area contributed by atoms with E-state index in [0.717, 1.165) is 5.56 Å². The molecule has 30 heavy (non-hydrogen) atoms. The average molecular weight is 437 g/mol. The van der Waals surface area contributed by atoms with Gasteiger partial charge in [-0.25, -0.2) is 0 Å². The van der Waals surface area contributed by atoms with E-state index in [2.05, 4.69) is 5.32 Å². The monoisotopic (exact) mass is 437 g/mol. The maximum absolute atomic E-state index is 12.8. The summed E-state index contributed by atoms with van der Waals surface area (Å²) in [6, 6.07) is 15.3. The van der Waals surface area contributed by atoms with Crippen molar-refractivity contribution in [1.82, 2.24) is 15.1 Å². The fourth-order valence-corrected chi connectivity index (χ4v) is 3.85. The summed E-state index contributed by atoms with van der Waals surface area (Å²) in [4.78, 5) is 28.3. The number of hydrogen-bond donors (Lipinski definition) is 1. The molecule has 2 aromatic carbocycles. The third kappa shape index (κ3) is 6.50. The van der Waals surface area contributed by atoms with E-state index in [0.29, 0.717) is 32.7 Å². The van der Waals surface area contributed by atoms with E-state index in [1.807, 2.05) is 35.2 Å². The smallest absolute Gasteiger partial charge is 0.351 e. The highest BCUT2D eigenvalue weighted by molar-refractivity contribution is 8.00. The largest absolute Gasteiger partial charge is 0.446 e. The molecule has 5 nitrogen and oxygen atoms in total. The SMILES string of the molecule is O=C(CN1CCN(C(=O)c2ccccc2SC(F)(F)F)CC1)NCc1ccccc1. The molecular weight excluding hydrogens is 415 g/mol. The zero-order valence-electron chi connectivity index (χ0n) is 16.2. The van der Waals surface area contributed by atoms with Gasteiger partial charge in [0.1, 0.15) is 0 Å². The minimum absolute atomic E-state index is 0.0499. The highest BCUT2D eigenvalue weighted by Crippen LogP contribution is 2.38.